The van der Waals surface area contributed by atoms with E-state index in [0.29, 0.717) is 80.9 Å². The molecule has 10 nitrogen and oxygen atoms in total. The number of alkyl halides is 9. The molecule has 0 N–H and O–H groups in total. The third-order valence-electron chi connectivity index (χ3n) is 22.9. The Morgan fingerprint density at radius 2 is 0.980 bits per heavy atom. The molecule has 2 aromatic rings. The first-order valence-electron chi connectivity index (χ1n) is 36.8. The number of hydrogen-bond donors (Lipinski definition) is 0. The average molecular weight is 1590 g/mol. The van der Waals surface area contributed by atoms with Gasteiger partial charge in [0.25, 0.3) is 5.60 Å². The number of ether oxygens (including phenoxy) is 6. The second-order valence-electron chi connectivity index (χ2n) is 30.2. The average Bonchev–Trinajstić information content (AvgIpc) is 1.66. The van der Waals surface area contributed by atoms with Gasteiger partial charge in [0.1, 0.15) is 24.7 Å². The Balaban J connectivity index is 0.00000612. The van der Waals surface area contributed by atoms with E-state index in [1.54, 1.807) is 0 Å². The van der Waals surface area contributed by atoms with Crippen LogP contribution in [0.2, 0.25) is 0 Å². The van der Waals surface area contributed by atoms with Gasteiger partial charge in [0.15, 0.2) is 5.60 Å². The molecule has 8 rings (SSSR count). The zero-order chi connectivity index (χ0) is 70.6. The molecule has 4 fully saturated rings. The van der Waals surface area contributed by atoms with Crippen molar-refractivity contribution in [2.45, 2.75) is 251 Å². The molecular formula is C77H124F9N2O8S4Y-. The molecule has 4 saturated carbocycles. The minimum Gasteiger partial charge on any atom is -0.492 e. The number of nitrogens with zero attached hydrogens (tertiary/aromatic N) is 2. The van der Waals surface area contributed by atoms with Gasteiger partial charge in [-0.05, 0) is 275 Å². The van der Waals surface area contributed by atoms with Crippen molar-refractivity contribution in [1.29, 1.82) is 0 Å². The number of unbranched alkanes of at least 4 members (excludes halogenated alkanes) is 4. The fourth-order valence-electron chi connectivity index (χ4n) is 16.7. The van der Waals surface area contributed by atoms with E-state index < -0.39 is 36.3 Å². The van der Waals surface area contributed by atoms with E-state index in [4.69, 9.17) is 33.5 Å². The summed E-state index contributed by atoms with van der Waals surface area (Å²) in [5, 5.41) is 0. The van der Waals surface area contributed by atoms with Gasteiger partial charge in [-0.1, -0.05) is 104 Å². The summed E-state index contributed by atoms with van der Waals surface area (Å²) >= 11 is 0. The zero-order valence-electron chi connectivity index (χ0n) is 60.4. The predicted molar refractivity (Wildman–Crippen MR) is 395 cm³/mol. The molecule has 581 valence electrons. The molecule has 24 heteroatoms. The van der Waals surface area contributed by atoms with E-state index in [1.165, 1.54) is 47.9 Å². The summed E-state index contributed by atoms with van der Waals surface area (Å²) in [6.07, 6.45) is 8.98. The third kappa shape index (κ3) is 25.8. The normalized spacial score (nSPS) is 25.3. The van der Waals surface area contributed by atoms with Crippen LogP contribution in [0.15, 0.2) is 36.4 Å². The van der Waals surface area contributed by atoms with Crippen LogP contribution < -0.4 is 9.47 Å². The molecule has 1 radical (unpaired) electrons. The first kappa shape index (κ1) is 91.2. The minimum atomic E-state index is -5.57. The maximum atomic E-state index is 13.2. The van der Waals surface area contributed by atoms with Crippen molar-refractivity contribution < 1.29 is 110 Å². The van der Waals surface area contributed by atoms with Gasteiger partial charge < -0.3 is 44.6 Å². The summed E-state index contributed by atoms with van der Waals surface area (Å²) in [4.78, 5) is 15.7. The van der Waals surface area contributed by atoms with Crippen LogP contribution in [0.1, 0.15) is 219 Å². The molecule has 0 aromatic heterocycles. The molecule has 0 spiro atoms. The molecule has 6 aliphatic carbocycles. The van der Waals surface area contributed by atoms with E-state index in [0.717, 1.165) is 177 Å². The summed E-state index contributed by atoms with van der Waals surface area (Å²) in [6.45, 7) is 15.2. The Hall–Kier alpha value is -0.406. The molecule has 11 unspecified atom stereocenters. The van der Waals surface area contributed by atoms with E-state index in [9.17, 15) is 39.5 Å². The number of hydrogen-bond acceptors (Lipinski definition) is 14. The van der Waals surface area contributed by atoms with Gasteiger partial charge in [-0.3, -0.25) is 4.89 Å². The Kier molecular flexibility index (Phi) is 39.1. The first-order chi connectivity index (χ1) is 46.6. The van der Waals surface area contributed by atoms with E-state index in [-0.39, 0.29) is 97.2 Å². The SMILES string of the molecule is C.C.CC(CCCCSSCCCN(C)CCOc1ccc2c(c1)CCC1C2CCC2(C)C(OCCCOC(C)(C(F)(F)F)C(F)(F)F)CCC12)COOC[CH-]CCCCSSCCCN(C)CCOc1ccc2c(c1)CCC1C2CCC2(C)C(OCCCOC(C)(C)C(F)(F)F)CCC12.[Y]. The van der Waals surface area contributed by atoms with Crippen LogP contribution in [0.4, 0.5) is 39.5 Å². The molecule has 2 aromatic carbocycles. The van der Waals surface area contributed by atoms with Crippen LogP contribution in [-0.2, 0) is 74.3 Å². The van der Waals surface area contributed by atoms with E-state index in [1.807, 2.05) is 43.2 Å². The molecule has 0 bridgehead atoms. The topological polar surface area (TPSA) is 80.3 Å². The number of fused-ring (bicyclic) bond motifs is 10. The molecule has 11 atom stereocenters. The Morgan fingerprint density at radius 3 is 1.45 bits per heavy atom. The van der Waals surface area contributed by atoms with Gasteiger partial charge in [-0.15, -0.1) is 0 Å². The maximum Gasteiger partial charge on any atom is 0.426 e. The zero-order valence-corrected chi connectivity index (χ0v) is 66.5. The summed E-state index contributed by atoms with van der Waals surface area (Å²) in [7, 11) is 12.2. The quantitative estimate of drug-likeness (QED) is 0.0158. The molecule has 6 aliphatic rings. The summed E-state index contributed by atoms with van der Waals surface area (Å²) < 4.78 is 154. The van der Waals surface area contributed by atoms with Crippen molar-refractivity contribution in [3.05, 3.63) is 65.1 Å². The second kappa shape index (κ2) is 43.3. The van der Waals surface area contributed by atoms with Crippen molar-refractivity contribution in [2.75, 3.05) is 116 Å². The van der Waals surface area contributed by atoms with Gasteiger partial charge in [0.2, 0.25) is 0 Å². The van der Waals surface area contributed by atoms with Crippen LogP contribution in [0.3, 0.4) is 0 Å². The van der Waals surface area contributed by atoms with Crippen molar-refractivity contribution in [3.8, 4) is 11.5 Å². The first-order valence-corrected chi connectivity index (χ1v) is 41.8. The van der Waals surface area contributed by atoms with Crippen LogP contribution in [0, 0.1) is 46.8 Å². The van der Waals surface area contributed by atoms with Crippen LogP contribution in [0.25, 0.3) is 0 Å². The molecular weight excluding hydrogens is 1470 g/mol. The fraction of sp³-hybridized carbons (Fsp3) is 0.831. The van der Waals surface area contributed by atoms with Gasteiger partial charge in [0, 0.05) is 88.6 Å². The number of halogens is 9. The van der Waals surface area contributed by atoms with Crippen molar-refractivity contribution in [2.24, 2.45) is 40.4 Å². The number of rotatable bonds is 45. The van der Waals surface area contributed by atoms with Crippen molar-refractivity contribution in [1.82, 2.24) is 9.80 Å². The van der Waals surface area contributed by atoms with Gasteiger partial charge in [-0.2, -0.15) is 45.9 Å². The van der Waals surface area contributed by atoms with Gasteiger partial charge in [0.05, 0.1) is 25.4 Å². The standard InChI is InChI=1S/C75H116F9N2O8S4.2CH4.Y/c1-54(19-11-14-48-96-98-50-16-37-86(8)39-46-88-58-23-27-60-56(52-58)21-25-64-62(60)33-35-71(5)66(64)29-31-68(71)90-41-18-43-92-72(6,74(79,80)81)75(82,83)84)53-94-93-44-12-9-10-13-47-95-97-49-15-36-85(7)38-45-87-57-22-26-59-55(51-57)20-24-63-61(59)32-34-70(4)65(63)28-30-67(70)89-40-17-42-91-69(2,3)73(76,77)78;;;/h12,22-23,26-27,51-52,54,61-68H,9-11,13-21,24-25,28-50,53H2,1-8H3;2*1H4;/q-1;;;. The smallest absolute Gasteiger partial charge is 0.426 e. The fourth-order valence-corrected chi connectivity index (χ4v) is 21.2. The number of aryl methyl sites for hydroxylation is 2. The number of likely N-dealkylation sites (N-methyl/N-ethyl adjacent to an activating group) is 2. The minimum absolute atomic E-state index is 0. The number of benzene rings is 2. The Bertz CT molecular complexity index is 2660. The molecule has 0 aliphatic heterocycles. The van der Waals surface area contributed by atoms with Gasteiger partial charge in [-0.25, -0.2) is 4.89 Å². The van der Waals surface area contributed by atoms with Crippen LogP contribution >= 0.6 is 43.2 Å². The molecule has 0 heterocycles. The van der Waals surface area contributed by atoms with Crippen LogP contribution in [-0.4, -0.2) is 168 Å². The molecule has 101 heavy (non-hydrogen) atoms. The molecule has 0 amide bonds. The second-order valence-corrected chi connectivity index (χ2v) is 35.6. The summed E-state index contributed by atoms with van der Waals surface area (Å²) in [6, 6.07) is 13.4. The summed E-state index contributed by atoms with van der Waals surface area (Å²) in [5.74, 6) is 10.2. The molecule has 0 saturated heterocycles. The van der Waals surface area contributed by atoms with Crippen molar-refractivity contribution >= 4 is 43.2 Å². The predicted octanol–water partition coefficient (Wildman–Crippen LogP) is 21.5. The van der Waals surface area contributed by atoms with E-state index in [2.05, 4.69) is 92.2 Å². The Labute approximate surface area is 643 Å². The van der Waals surface area contributed by atoms with E-state index >= 15 is 0 Å². The van der Waals surface area contributed by atoms with Crippen molar-refractivity contribution in [3.63, 3.8) is 0 Å². The Morgan fingerprint density at radius 1 is 0.525 bits per heavy atom. The maximum absolute atomic E-state index is 13.2. The third-order valence-corrected chi connectivity index (χ3v) is 28.1. The summed E-state index contributed by atoms with van der Waals surface area (Å²) in [5.41, 5.74) is -0.587. The monoisotopic (exact) mass is 1590 g/mol. The van der Waals surface area contributed by atoms with Gasteiger partial charge >= 0.3 is 18.5 Å². The largest absolute Gasteiger partial charge is 0.492 e. The van der Waals surface area contributed by atoms with Crippen LogP contribution in [0.5, 0.6) is 11.5 Å².